The van der Waals surface area contributed by atoms with Crippen LogP contribution in [0.25, 0.3) is 0 Å². The predicted molar refractivity (Wildman–Crippen MR) is 69.0 cm³/mol. The van der Waals surface area contributed by atoms with Gasteiger partial charge in [-0.3, -0.25) is 4.68 Å². The van der Waals surface area contributed by atoms with E-state index < -0.39 is 15.9 Å². The van der Waals surface area contributed by atoms with Gasteiger partial charge in [0, 0.05) is 18.0 Å². The predicted octanol–water partition coefficient (Wildman–Crippen LogP) is 1.46. The molecule has 18 heavy (non-hydrogen) atoms. The smallest absolute Gasteiger partial charge is 0.150 e. The first-order valence-electron chi connectivity index (χ1n) is 6.29. The lowest BCUT2D eigenvalue weighted by Crippen LogP contribution is -2.29. The van der Waals surface area contributed by atoms with Crippen molar-refractivity contribution in [2.75, 3.05) is 6.26 Å². The lowest BCUT2D eigenvalue weighted by Gasteiger charge is -2.28. The first kappa shape index (κ1) is 13.5. The molecule has 0 bridgehead atoms. The van der Waals surface area contributed by atoms with E-state index in [0.717, 1.165) is 24.8 Å². The number of rotatable bonds is 3. The van der Waals surface area contributed by atoms with Crippen LogP contribution in [-0.2, 0) is 9.84 Å². The van der Waals surface area contributed by atoms with Crippen LogP contribution in [0.4, 0.5) is 0 Å². The van der Waals surface area contributed by atoms with Crippen LogP contribution in [0.5, 0.6) is 0 Å². The third-order valence-corrected chi connectivity index (χ3v) is 5.32. The molecule has 3 unspecified atom stereocenters. The van der Waals surface area contributed by atoms with Crippen LogP contribution in [-0.4, -0.2) is 34.8 Å². The number of hydrogen-bond donors (Lipinski definition) is 1. The van der Waals surface area contributed by atoms with E-state index in [0.29, 0.717) is 6.42 Å². The molecular formula is C12H20N2O3S. The SMILES string of the molecule is CC(O)c1cnn(C2CCCC(S(C)(=O)=O)C2)c1. The summed E-state index contributed by atoms with van der Waals surface area (Å²) in [5, 5.41) is 13.5. The van der Waals surface area contributed by atoms with Crippen LogP contribution in [0.3, 0.4) is 0 Å². The maximum atomic E-state index is 11.6. The van der Waals surface area contributed by atoms with Gasteiger partial charge in [0.05, 0.1) is 23.6 Å². The molecule has 1 aromatic rings. The summed E-state index contributed by atoms with van der Waals surface area (Å²) in [7, 11) is -2.97. The summed E-state index contributed by atoms with van der Waals surface area (Å²) < 4.78 is 25.0. The maximum absolute atomic E-state index is 11.6. The van der Waals surface area contributed by atoms with Crippen molar-refractivity contribution in [2.24, 2.45) is 0 Å². The lowest BCUT2D eigenvalue weighted by molar-refractivity contribution is 0.199. The molecule has 0 radical (unpaired) electrons. The molecule has 0 amide bonds. The highest BCUT2D eigenvalue weighted by molar-refractivity contribution is 7.91. The second-order valence-electron chi connectivity index (χ2n) is 5.20. The number of aromatic nitrogens is 2. The van der Waals surface area contributed by atoms with E-state index >= 15 is 0 Å². The fraction of sp³-hybridized carbons (Fsp3) is 0.750. The Bertz CT molecular complexity index is 507. The second kappa shape index (κ2) is 5.01. The first-order chi connectivity index (χ1) is 8.38. The number of hydrogen-bond acceptors (Lipinski definition) is 4. The number of aliphatic hydroxyl groups is 1. The van der Waals surface area contributed by atoms with E-state index in [1.165, 1.54) is 6.26 Å². The van der Waals surface area contributed by atoms with Crippen molar-refractivity contribution in [1.29, 1.82) is 0 Å². The molecule has 0 aromatic carbocycles. The van der Waals surface area contributed by atoms with Crippen molar-refractivity contribution < 1.29 is 13.5 Å². The fourth-order valence-electron chi connectivity index (χ4n) is 2.52. The van der Waals surface area contributed by atoms with Crippen molar-refractivity contribution in [3.63, 3.8) is 0 Å². The first-order valence-corrected chi connectivity index (χ1v) is 8.24. The van der Waals surface area contributed by atoms with Gasteiger partial charge >= 0.3 is 0 Å². The van der Waals surface area contributed by atoms with Gasteiger partial charge in [-0.25, -0.2) is 8.42 Å². The number of aliphatic hydroxyl groups excluding tert-OH is 1. The van der Waals surface area contributed by atoms with Crippen LogP contribution >= 0.6 is 0 Å². The Kier molecular flexibility index (Phi) is 3.77. The highest BCUT2D eigenvalue weighted by Gasteiger charge is 2.30. The van der Waals surface area contributed by atoms with Gasteiger partial charge in [0.1, 0.15) is 9.84 Å². The van der Waals surface area contributed by atoms with Gasteiger partial charge in [-0.15, -0.1) is 0 Å². The molecule has 1 aromatic heterocycles. The second-order valence-corrected chi connectivity index (χ2v) is 7.53. The monoisotopic (exact) mass is 272 g/mol. The van der Waals surface area contributed by atoms with E-state index in [-0.39, 0.29) is 11.3 Å². The lowest BCUT2D eigenvalue weighted by atomic mass is 9.95. The van der Waals surface area contributed by atoms with Gasteiger partial charge in [0.15, 0.2) is 0 Å². The van der Waals surface area contributed by atoms with Gasteiger partial charge in [-0.2, -0.15) is 5.10 Å². The standard InChI is InChI=1S/C12H20N2O3S/c1-9(15)10-7-13-14(8-10)11-4-3-5-12(6-11)18(2,16)17/h7-9,11-12,15H,3-6H2,1-2H3. The molecular weight excluding hydrogens is 252 g/mol. The molecule has 1 fully saturated rings. The molecule has 6 heteroatoms. The number of sulfone groups is 1. The summed E-state index contributed by atoms with van der Waals surface area (Å²) >= 11 is 0. The fourth-order valence-corrected chi connectivity index (χ4v) is 3.68. The highest BCUT2D eigenvalue weighted by Crippen LogP contribution is 2.32. The Labute approximate surface area is 108 Å². The molecule has 1 N–H and O–H groups in total. The third kappa shape index (κ3) is 2.92. The molecule has 1 aliphatic carbocycles. The Hall–Kier alpha value is -0.880. The molecule has 1 saturated carbocycles. The van der Waals surface area contributed by atoms with Gasteiger partial charge in [0.25, 0.3) is 0 Å². The van der Waals surface area contributed by atoms with Crippen LogP contribution in [0.15, 0.2) is 12.4 Å². The maximum Gasteiger partial charge on any atom is 0.150 e. The minimum atomic E-state index is -2.97. The summed E-state index contributed by atoms with van der Waals surface area (Å²) in [5.74, 6) is 0. The molecule has 0 aliphatic heterocycles. The average molecular weight is 272 g/mol. The molecule has 5 nitrogen and oxygen atoms in total. The van der Waals surface area contributed by atoms with Crippen molar-refractivity contribution in [2.45, 2.75) is 50.0 Å². The van der Waals surface area contributed by atoms with E-state index in [1.54, 1.807) is 17.8 Å². The summed E-state index contributed by atoms with van der Waals surface area (Å²) in [6.45, 7) is 1.70. The van der Waals surface area contributed by atoms with Gasteiger partial charge in [-0.1, -0.05) is 6.42 Å². The van der Waals surface area contributed by atoms with Crippen LogP contribution in [0.1, 0.15) is 50.3 Å². The van der Waals surface area contributed by atoms with Crippen molar-refractivity contribution in [3.05, 3.63) is 18.0 Å². The average Bonchev–Trinajstić information content (AvgIpc) is 2.77. The zero-order valence-electron chi connectivity index (χ0n) is 10.8. The van der Waals surface area contributed by atoms with E-state index in [9.17, 15) is 13.5 Å². The minimum absolute atomic E-state index is 0.131. The largest absolute Gasteiger partial charge is 0.389 e. The van der Waals surface area contributed by atoms with Crippen molar-refractivity contribution in [1.82, 2.24) is 9.78 Å². The quantitative estimate of drug-likeness (QED) is 0.904. The number of nitrogens with zero attached hydrogens (tertiary/aromatic N) is 2. The molecule has 2 rings (SSSR count). The van der Waals surface area contributed by atoms with Gasteiger partial charge in [-0.05, 0) is 26.2 Å². The molecule has 1 aliphatic rings. The topological polar surface area (TPSA) is 72.2 Å². The third-order valence-electron chi connectivity index (χ3n) is 3.68. The van der Waals surface area contributed by atoms with Crippen LogP contribution in [0.2, 0.25) is 0 Å². The summed E-state index contributed by atoms with van der Waals surface area (Å²) in [5.41, 5.74) is 0.775. The van der Waals surface area contributed by atoms with E-state index in [1.807, 2.05) is 6.20 Å². The Morgan fingerprint density at radius 1 is 1.50 bits per heavy atom. The molecule has 0 spiro atoms. The Balaban J connectivity index is 2.13. The Morgan fingerprint density at radius 3 is 2.78 bits per heavy atom. The van der Waals surface area contributed by atoms with E-state index in [2.05, 4.69) is 5.10 Å². The van der Waals surface area contributed by atoms with Gasteiger partial charge in [0.2, 0.25) is 0 Å². The van der Waals surface area contributed by atoms with Gasteiger partial charge < -0.3 is 5.11 Å². The highest BCUT2D eigenvalue weighted by atomic mass is 32.2. The molecule has 3 atom stereocenters. The van der Waals surface area contributed by atoms with Crippen LogP contribution in [0, 0.1) is 0 Å². The normalized spacial score (nSPS) is 27.1. The zero-order chi connectivity index (χ0) is 13.3. The zero-order valence-corrected chi connectivity index (χ0v) is 11.6. The van der Waals surface area contributed by atoms with E-state index in [4.69, 9.17) is 0 Å². The summed E-state index contributed by atoms with van der Waals surface area (Å²) in [6, 6.07) is 0.131. The summed E-state index contributed by atoms with van der Waals surface area (Å²) in [4.78, 5) is 0. The van der Waals surface area contributed by atoms with Crippen molar-refractivity contribution >= 4 is 9.84 Å². The molecule has 0 saturated heterocycles. The molecule has 1 heterocycles. The summed E-state index contributed by atoms with van der Waals surface area (Å²) in [6.07, 6.45) is 7.48. The minimum Gasteiger partial charge on any atom is -0.389 e. The Morgan fingerprint density at radius 2 is 2.22 bits per heavy atom. The van der Waals surface area contributed by atoms with Crippen LogP contribution < -0.4 is 0 Å². The molecule has 102 valence electrons. The van der Waals surface area contributed by atoms with Crippen molar-refractivity contribution in [3.8, 4) is 0 Å².